The van der Waals surface area contributed by atoms with Gasteiger partial charge in [-0.3, -0.25) is 0 Å². The van der Waals surface area contributed by atoms with Crippen molar-refractivity contribution in [2.24, 2.45) is 10.9 Å². The Morgan fingerprint density at radius 1 is 1.20 bits per heavy atom. The topological polar surface area (TPSA) is 120 Å². The Balaban J connectivity index is 0.00000320. The zero-order valence-electron chi connectivity index (χ0n) is 16.9. The predicted octanol–water partition coefficient (Wildman–Crippen LogP) is 2.86. The summed E-state index contributed by atoms with van der Waals surface area (Å²) >= 11 is 0. The van der Waals surface area contributed by atoms with Crippen LogP contribution in [0.25, 0.3) is 0 Å². The number of nitrogen functional groups attached to an aromatic ring is 1. The molecule has 0 aliphatic carbocycles. The lowest BCUT2D eigenvalue weighted by Gasteiger charge is -2.31. The normalized spacial score (nSPS) is 15.1. The van der Waals surface area contributed by atoms with Gasteiger partial charge >= 0.3 is 10.1 Å². The number of hydrogen-bond acceptors (Lipinski definition) is 7. The maximum atomic E-state index is 12.8. The summed E-state index contributed by atoms with van der Waals surface area (Å²) in [5, 5.41) is 3.57. The van der Waals surface area contributed by atoms with Crippen LogP contribution in [0.15, 0.2) is 46.4 Å². The first-order chi connectivity index (χ1) is 13.9. The van der Waals surface area contributed by atoms with Gasteiger partial charge in [-0.15, -0.1) is 12.4 Å². The highest BCUT2D eigenvalue weighted by Crippen LogP contribution is 2.42. The molecule has 2 aromatic rings. The third-order valence-electron chi connectivity index (χ3n) is 5.02. The first kappa shape index (κ1) is 23.6. The molecule has 0 atom stereocenters. The van der Waals surface area contributed by atoms with Crippen LogP contribution in [0.5, 0.6) is 11.5 Å². The minimum absolute atomic E-state index is 0. The van der Waals surface area contributed by atoms with Crippen molar-refractivity contribution in [2.75, 3.05) is 25.9 Å². The maximum Gasteiger partial charge on any atom is 0.341 e. The van der Waals surface area contributed by atoms with Gasteiger partial charge in [0, 0.05) is 18.7 Å². The third kappa shape index (κ3) is 5.09. The minimum atomic E-state index is -4.10. The largest absolute Gasteiger partial charge is 0.492 e. The molecule has 0 bridgehead atoms. The number of hydrazone groups is 1. The second-order valence-electron chi connectivity index (χ2n) is 7.04. The third-order valence-corrected chi connectivity index (χ3v) is 6.33. The number of ether oxygens (including phenoxy) is 1. The molecular weight excluding hydrogens is 428 g/mol. The summed E-state index contributed by atoms with van der Waals surface area (Å²) in [4.78, 5) is 1.98. The van der Waals surface area contributed by atoms with Crippen molar-refractivity contribution in [1.29, 1.82) is 0 Å². The van der Waals surface area contributed by atoms with Crippen LogP contribution in [0.1, 0.15) is 29.9 Å². The van der Waals surface area contributed by atoms with E-state index in [2.05, 4.69) is 10.0 Å². The molecule has 0 unspecified atom stereocenters. The Hall–Kier alpha value is -2.65. The van der Waals surface area contributed by atoms with E-state index in [0.29, 0.717) is 5.75 Å². The van der Waals surface area contributed by atoms with Crippen LogP contribution in [-0.4, -0.2) is 39.9 Å². The van der Waals surface area contributed by atoms with Crippen LogP contribution >= 0.6 is 12.4 Å². The van der Waals surface area contributed by atoms with Crippen LogP contribution in [0, 0.1) is 6.92 Å². The minimum Gasteiger partial charge on any atom is -0.492 e. The van der Waals surface area contributed by atoms with Gasteiger partial charge in [0.1, 0.15) is 11.2 Å². The fourth-order valence-electron chi connectivity index (χ4n) is 3.64. The molecule has 1 heterocycles. The molecular formula is C20H27ClN4O4S. The van der Waals surface area contributed by atoms with Gasteiger partial charge in [-0.1, -0.05) is 18.2 Å². The van der Waals surface area contributed by atoms with Crippen molar-refractivity contribution >= 4 is 34.6 Å². The van der Waals surface area contributed by atoms with E-state index in [1.165, 1.54) is 19.2 Å². The van der Waals surface area contributed by atoms with Crippen LogP contribution in [0.4, 0.5) is 5.69 Å². The Labute approximate surface area is 183 Å². The fourth-order valence-corrected chi connectivity index (χ4v) is 4.69. The molecule has 2 aromatic carbocycles. The van der Waals surface area contributed by atoms with Crippen LogP contribution in [0.3, 0.4) is 0 Å². The number of rotatable bonds is 6. The molecule has 1 aliphatic heterocycles. The number of aryl methyl sites for hydroxylation is 1. The summed E-state index contributed by atoms with van der Waals surface area (Å²) in [7, 11) is -2.59. The number of nitrogens with zero attached hydrogens (tertiary/aromatic N) is 2. The summed E-state index contributed by atoms with van der Waals surface area (Å²) in [5.41, 5.74) is 7.78. The van der Waals surface area contributed by atoms with Gasteiger partial charge in [0.05, 0.1) is 12.8 Å². The first-order valence-corrected chi connectivity index (χ1v) is 10.7. The molecule has 164 valence electrons. The van der Waals surface area contributed by atoms with Crippen molar-refractivity contribution in [3.8, 4) is 11.5 Å². The van der Waals surface area contributed by atoms with Gasteiger partial charge in [-0.2, -0.15) is 13.5 Å². The SMILES string of the molecule is COc1c(OS(=O)(=O)c2ccccc2N)cc(C)cc1C1CCN(C=NN)CC1.Cl. The summed E-state index contributed by atoms with van der Waals surface area (Å²) in [5.74, 6) is 6.03. The second kappa shape index (κ2) is 9.90. The van der Waals surface area contributed by atoms with Crippen molar-refractivity contribution in [3.05, 3.63) is 47.5 Å². The maximum absolute atomic E-state index is 12.8. The average Bonchev–Trinajstić information content (AvgIpc) is 2.68. The lowest BCUT2D eigenvalue weighted by atomic mass is 9.88. The summed E-state index contributed by atoms with van der Waals surface area (Å²) in [6, 6.07) is 9.89. The van der Waals surface area contributed by atoms with E-state index in [1.54, 1.807) is 24.5 Å². The fraction of sp³-hybridized carbons (Fsp3) is 0.350. The monoisotopic (exact) mass is 454 g/mol. The Kier molecular flexibility index (Phi) is 7.80. The number of halogens is 1. The van der Waals surface area contributed by atoms with Crippen molar-refractivity contribution < 1.29 is 17.3 Å². The molecule has 0 aromatic heterocycles. The summed E-state index contributed by atoms with van der Waals surface area (Å²) in [6.07, 6.45) is 3.36. The molecule has 3 rings (SSSR count). The number of anilines is 1. The van der Waals surface area contributed by atoms with E-state index >= 15 is 0 Å². The predicted molar refractivity (Wildman–Crippen MR) is 120 cm³/mol. The number of piperidine rings is 1. The van der Waals surface area contributed by atoms with Gasteiger partial charge in [0.2, 0.25) is 0 Å². The number of benzene rings is 2. The first-order valence-electron chi connectivity index (χ1n) is 9.30. The Morgan fingerprint density at radius 2 is 1.87 bits per heavy atom. The number of methoxy groups -OCH3 is 1. The van der Waals surface area contributed by atoms with E-state index in [-0.39, 0.29) is 34.7 Å². The highest BCUT2D eigenvalue weighted by Gasteiger charge is 2.27. The molecule has 30 heavy (non-hydrogen) atoms. The van der Waals surface area contributed by atoms with E-state index in [9.17, 15) is 8.42 Å². The highest BCUT2D eigenvalue weighted by molar-refractivity contribution is 7.87. The molecule has 0 radical (unpaired) electrons. The standard InChI is InChI=1S/C20H26N4O4S.ClH/c1-14-11-16(15-7-9-24(10-8-15)13-23-22)20(27-2)18(12-14)28-29(25,26)19-6-4-3-5-17(19)21;/h3-6,11-13,15H,7-10,21-22H2,1-2H3;1H. The number of nitrogens with two attached hydrogens (primary N) is 2. The van der Waals surface area contributed by atoms with E-state index in [4.69, 9.17) is 20.5 Å². The zero-order valence-corrected chi connectivity index (χ0v) is 18.6. The van der Waals surface area contributed by atoms with Gasteiger partial charge in [-0.25, -0.2) is 0 Å². The van der Waals surface area contributed by atoms with Crippen LogP contribution in [-0.2, 0) is 10.1 Å². The van der Waals surface area contributed by atoms with Gasteiger partial charge in [-0.05, 0) is 49.4 Å². The van der Waals surface area contributed by atoms with E-state index in [0.717, 1.165) is 37.1 Å². The van der Waals surface area contributed by atoms with Gasteiger partial charge in [0.25, 0.3) is 0 Å². The summed E-state index contributed by atoms with van der Waals surface area (Å²) < 4.78 is 36.7. The quantitative estimate of drug-likeness (QED) is 0.172. The number of para-hydroxylation sites is 1. The van der Waals surface area contributed by atoms with E-state index in [1.807, 2.05) is 13.0 Å². The number of hydrogen-bond donors (Lipinski definition) is 2. The molecule has 1 saturated heterocycles. The Bertz CT molecular complexity index is 1010. The molecule has 0 saturated carbocycles. The molecule has 1 fully saturated rings. The zero-order chi connectivity index (χ0) is 21.0. The molecule has 4 N–H and O–H groups in total. The van der Waals surface area contributed by atoms with Gasteiger partial charge in [0.15, 0.2) is 11.5 Å². The van der Waals surface area contributed by atoms with Crippen LogP contribution in [0.2, 0.25) is 0 Å². The smallest absolute Gasteiger partial charge is 0.341 e. The summed E-state index contributed by atoms with van der Waals surface area (Å²) in [6.45, 7) is 3.50. The van der Waals surface area contributed by atoms with Crippen molar-refractivity contribution in [1.82, 2.24) is 4.90 Å². The Morgan fingerprint density at radius 3 is 2.47 bits per heavy atom. The highest BCUT2D eigenvalue weighted by atomic mass is 35.5. The molecule has 8 nitrogen and oxygen atoms in total. The second-order valence-corrected chi connectivity index (χ2v) is 8.55. The molecule has 1 aliphatic rings. The molecule has 10 heteroatoms. The van der Waals surface area contributed by atoms with Crippen molar-refractivity contribution in [2.45, 2.75) is 30.6 Å². The number of likely N-dealkylation sites (tertiary alicyclic amines) is 1. The van der Waals surface area contributed by atoms with Gasteiger partial charge < -0.3 is 25.4 Å². The molecule has 0 amide bonds. The lowest BCUT2D eigenvalue weighted by Crippen LogP contribution is -2.32. The average molecular weight is 455 g/mol. The lowest BCUT2D eigenvalue weighted by molar-refractivity contribution is 0.311. The molecule has 0 spiro atoms. The van der Waals surface area contributed by atoms with Crippen LogP contribution < -0.4 is 20.5 Å². The van der Waals surface area contributed by atoms with E-state index < -0.39 is 10.1 Å². The van der Waals surface area contributed by atoms with Crippen molar-refractivity contribution in [3.63, 3.8) is 0 Å².